The average Bonchev–Trinajstić information content (AvgIpc) is 2.98. The SMILES string of the molecule is Clc1ccsc1-c1ccnn1-c1ccccc1. The Morgan fingerprint density at radius 2 is 1.88 bits per heavy atom. The van der Waals surface area contributed by atoms with Crippen LogP contribution in [0.2, 0.25) is 5.02 Å². The Balaban J connectivity index is 2.16. The molecule has 1 aromatic carbocycles. The molecule has 0 amide bonds. The van der Waals surface area contributed by atoms with Gasteiger partial charge >= 0.3 is 0 Å². The van der Waals surface area contributed by atoms with Gasteiger partial charge in [0.15, 0.2) is 0 Å². The van der Waals surface area contributed by atoms with Crippen molar-refractivity contribution in [2.24, 2.45) is 0 Å². The third-order valence-corrected chi connectivity index (χ3v) is 3.86. The lowest BCUT2D eigenvalue weighted by Gasteiger charge is -2.06. The van der Waals surface area contributed by atoms with E-state index in [1.54, 1.807) is 17.5 Å². The summed E-state index contributed by atoms with van der Waals surface area (Å²) in [7, 11) is 0. The molecule has 0 saturated heterocycles. The Morgan fingerprint density at radius 3 is 2.59 bits per heavy atom. The largest absolute Gasteiger partial charge is 0.232 e. The zero-order chi connectivity index (χ0) is 11.7. The summed E-state index contributed by atoms with van der Waals surface area (Å²) in [5.41, 5.74) is 2.06. The molecule has 2 aromatic heterocycles. The normalized spacial score (nSPS) is 10.6. The Hall–Kier alpha value is -1.58. The summed E-state index contributed by atoms with van der Waals surface area (Å²) in [6.07, 6.45) is 1.79. The number of thiophene rings is 1. The van der Waals surface area contributed by atoms with Gasteiger partial charge in [-0.25, -0.2) is 4.68 Å². The minimum atomic E-state index is 0.771. The van der Waals surface area contributed by atoms with Gasteiger partial charge in [-0.3, -0.25) is 0 Å². The maximum absolute atomic E-state index is 6.16. The average molecular weight is 261 g/mol. The predicted octanol–water partition coefficient (Wildman–Crippen LogP) is 4.25. The van der Waals surface area contributed by atoms with Gasteiger partial charge in [-0.1, -0.05) is 29.8 Å². The quantitative estimate of drug-likeness (QED) is 0.673. The summed E-state index contributed by atoms with van der Waals surface area (Å²) in [6.45, 7) is 0. The van der Waals surface area contributed by atoms with Gasteiger partial charge in [0, 0.05) is 0 Å². The Morgan fingerprint density at radius 1 is 1.06 bits per heavy atom. The number of hydrogen-bond donors (Lipinski definition) is 0. The Kier molecular flexibility index (Phi) is 2.71. The molecule has 0 unspecified atom stereocenters. The zero-order valence-electron chi connectivity index (χ0n) is 8.88. The van der Waals surface area contributed by atoms with Crippen molar-refractivity contribution in [3.63, 3.8) is 0 Å². The predicted molar refractivity (Wildman–Crippen MR) is 71.9 cm³/mol. The molecule has 0 saturated carbocycles. The van der Waals surface area contributed by atoms with Crippen LogP contribution in [0.25, 0.3) is 16.3 Å². The molecule has 0 bridgehead atoms. The van der Waals surface area contributed by atoms with E-state index in [1.807, 2.05) is 52.5 Å². The van der Waals surface area contributed by atoms with Crippen LogP contribution >= 0.6 is 22.9 Å². The fraction of sp³-hybridized carbons (Fsp3) is 0. The van der Waals surface area contributed by atoms with E-state index < -0.39 is 0 Å². The van der Waals surface area contributed by atoms with Crippen molar-refractivity contribution in [1.29, 1.82) is 0 Å². The topological polar surface area (TPSA) is 17.8 Å². The van der Waals surface area contributed by atoms with Crippen LogP contribution < -0.4 is 0 Å². The molecular formula is C13H9ClN2S. The van der Waals surface area contributed by atoms with Crippen molar-refractivity contribution < 1.29 is 0 Å². The summed E-state index contributed by atoms with van der Waals surface area (Å²) in [6, 6.07) is 13.9. The van der Waals surface area contributed by atoms with E-state index in [2.05, 4.69) is 5.10 Å². The highest BCUT2D eigenvalue weighted by atomic mass is 35.5. The minimum absolute atomic E-state index is 0.771. The van der Waals surface area contributed by atoms with Gasteiger partial charge < -0.3 is 0 Å². The minimum Gasteiger partial charge on any atom is -0.232 e. The first-order valence-electron chi connectivity index (χ1n) is 5.19. The van der Waals surface area contributed by atoms with Gasteiger partial charge in [0.25, 0.3) is 0 Å². The van der Waals surface area contributed by atoms with Gasteiger partial charge in [0.2, 0.25) is 0 Å². The van der Waals surface area contributed by atoms with E-state index in [4.69, 9.17) is 11.6 Å². The molecule has 2 heterocycles. The molecule has 0 spiro atoms. The highest BCUT2D eigenvalue weighted by molar-refractivity contribution is 7.14. The van der Waals surface area contributed by atoms with E-state index in [1.165, 1.54) is 0 Å². The van der Waals surface area contributed by atoms with E-state index in [-0.39, 0.29) is 0 Å². The Labute approximate surface area is 108 Å². The second-order valence-corrected chi connectivity index (χ2v) is 4.88. The number of aromatic nitrogens is 2. The van der Waals surface area contributed by atoms with Gasteiger partial charge in [0.05, 0.1) is 27.5 Å². The van der Waals surface area contributed by atoms with Crippen LogP contribution in [0.1, 0.15) is 0 Å². The number of rotatable bonds is 2. The van der Waals surface area contributed by atoms with Crippen molar-refractivity contribution >= 4 is 22.9 Å². The van der Waals surface area contributed by atoms with Gasteiger partial charge in [-0.05, 0) is 29.6 Å². The fourth-order valence-electron chi connectivity index (χ4n) is 1.73. The van der Waals surface area contributed by atoms with Crippen LogP contribution in [-0.4, -0.2) is 9.78 Å². The highest BCUT2D eigenvalue weighted by Gasteiger charge is 2.11. The maximum Gasteiger partial charge on any atom is 0.0855 e. The van der Waals surface area contributed by atoms with Crippen molar-refractivity contribution in [2.75, 3.05) is 0 Å². The molecule has 3 rings (SSSR count). The second-order valence-electron chi connectivity index (χ2n) is 3.56. The first kappa shape index (κ1) is 10.6. The molecule has 84 valence electrons. The molecular weight excluding hydrogens is 252 g/mol. The van der Waals surface area contributed by atoms with Gasteiger partial charge in [-0.2, -0.15) is 5.10 Å². The summed E-state index contributed by atoms with van der Waals surface area (Å²) in [5.74, 6) is 0. The lowest BCUT2D eigenvalue weighted by atomic mass is 10.3. The van der Waals surface area contributed by atoms with Crippen LogP contribution in [-0.2, 0) is 0 Å². The maximum atomic E-state index is 6.16. The van der Waals surface area contributed by atoms with E-state index in [0.29, 0.717) is 0 Å². The molecule has 0 aliphatic heterocycles. The summed E-state index contributed by atoms with van der Waals surface area (Å²) in [4.78, 5) is 1.05. The summed E-state index contributed by atoms with van der Waals surface area (Å²) in [5, 5.41) is 7.11. The number of hydrogen-bond acceptors (Lipinski definition) is 2. The monoisotopic (exact) mass is 260 g/mol. The molecule has 0 N–H and O–H groups in total. The smallest absolute Gasteiger partial charge is 0.0855 e. The molecule has 0 atom stereocenters. The van der Waals surface area contributed by atoms with E-state index >= 15 is 0 Å². The van der Waals surface area contributed by atoms with E-state index in [0.717, 1.165) is 21.3 Å². The third kappa shape index (κ3) is 1.88. The summed E-state index contributed by atoms with van der Waals surface area (Å²) < 4.78 is 1.90. The lowest BCUT2D eigenvalue weighted by molar-refractivity contribution is 0.890. The summed E-state index contributed by atoms with van der Waals surface area (Å²) >= 11 is 7.78. The van der Waals surface area contributed by atoms with Crippen molar-refractivity contribution in [3.8, 4) is 16.3 Å². The third-order valence-electron chi connectivity index (χ3n) is 2.49. The standard InChI is InChI=1S/C13H9ClN2S/c14-11-7-9-17-13(11)12-6-8-15-16(12)10-4-2-1-3-5-10/h1-9H. The highest BCUT2D eigenvalue weighted by Crippen LogP contribution is 2.33. The van der Waals surface area contributed by atoms with Gasteiger partial charge in [0.1, 0.15) is 0 Å². The fourth-order valence-corrected chi connectivity index (χ4v) is 2.89. The molecule has 2 nitrogen and oxygen atoms in total. The van der Waals surface area contributed by atoms with Crippen LogP contribution in [0, 0.1) is 0 Å². The first-order chi connectivity index (χ1) is 8.36. The van der Waals surface area contributed by atoms with Crippen LogP contribution in [0.5, 0.6) is 0 Å². The number of halogens is 1. The number of benzene rings is 1. The van der Waals surface area contributed by atoms with Crippen LogP contribution in [0.4, 0.5) is 0 Å². The second kappa shape index (κ2) is 4.35. The molecule has 0 fully saturated rings. The number of para-hydroxylation sites is 1. The van der Waals surface area contributed by atoms with Crippen molar-refractivity contribution in [1.82, 2.24) is 9.78 Å². The lowest BCUT2D eigenvalue weighted by Crippen LogP contribution is -1.97. The molecule has 17 heavy (non-hydrogen) atoms. The first-order valence-corrected chi connectivity index (χ1v) is 6.45. The van der Waals surface area contributed by atoms with Crippen LogP contribution in [0.15, 0.2) is 54.0 Å². The van der Waals surface area contributed by atoms with Crippen LogP contribution in [0.3, 0.4) is 0 Å². The molecule has 0 radical (unpaired) electrons. The molecule has 4 heteroatoms. The zero-order valence-corrected chi connectivity index (χ0v) is 10.4. The van der Waals surface area contributed by atoms with E-state index in [9.17, 15) is 0 Å². The number of nitrogens with zero attached hydrogens (tertiary/aromatic N) is 2. The molecule has 3 aromatic rings. The van der Waals surface area contributed by atoms with Crippen molar-refractivity contribution in [2.45, 2.75) is 0 Å². The molecule has 0 aliphatic carbocycles. The molecule has 0 aliphatic rings. The Bertz CT molecular complexity index is 628. The van der Waals surface area contributed by atoms with Crippen molar-refractivity contribution in [3.05, 3.63) is 59.1 Å². The van der Waals surface area contributed by atoms with Gasteiger partial charge in [-0.15, -0.1) is 11.3 Å².